The fourth-order valence-corrected chi connectivity index (χ4v) is 2.30. The number of guanidine groups is 1. The molecule has 0 fully saturated rings. The molecule has 0 saturated carbocycles. The topological polar surface area (TPSA) is 91.6 Å². The molecule has 0 aliphatic carbocycles. The van der Waals surface area contributed by atoms with E-state index in [2.05, 4.69) is 20.6 Å². The number of rotatable bonds is 9. The van der Waals surface area contributed by atoms with Gasteiger partial charge in [0.2, 0.25) is 5.96 Å². The van der Waals surface area contributed by atoms with Crippen molar-refractivity contribution < 1.29 is 9.47 Å². The quantitative estimate of drug-likeness (QED) is 0.230. The lowest BCUT2D eigenvalue weighted by Crippen LogP contribution is -2.31. The summed E-state index contributed by atoms with van der Waals surface area (Å²) in [4.78, 5) is 8.57. The third-order valence-electron chi connectivity index (χ3n) is 2.55. The minimum absolute atomic E-state index is 0.476. The molecule has 0 amide bonds. The molecule has 1 rings (SSSR count). The van der Waals surface area contributed by atoms with Crippen LogP contribution in [0.25, 0.3) is 0 Å². The highest BCUT2D eigenvalue weighted by molar-refractivity contribution is 7.98. The van der Waals surface area contributed by atoms with Crippen LogP contribution in [-0.2, 0) is 10.5 Å². The van der Waals surface area contributed by atoms with Crippen molar-refractivity contribution in [3.63, 3.8) is 0 Å². The number of nitrogens with one attached hydrogen (secondary N) is 2. The Hall–Kier alpha value is -1.98. The summed E-state index contributed by atoms with van der Waals surface area (Å²) >= 11 is 1.71. The summed E-state index contributed by atoms with van der Waals surface area (Å²) in [5.74, 6) is 2.84. The Morgan fingerprint density at radius 2 is 2.36 bits per heavy atom. The number of ether oxygens (including phenoxy) is 2. The zero-order valence-electron chi connectivity index (χ0n) is 12.8. The van der Waals surface area contributed by atoms with E-state index in [9.17, 15) is 0 Å². The van der Waals surface area contributed by atoms with Crippen LogP contribution < -0.4 is 15.4 Å². The highest BCUT2D eigenvalue weighted by Crippen LogP contribution is 2.20. The Morgan fingerprint density at radius 3 is 3.09 bits per heavy atom. The first kappa shape index (κ1) is 18.1. The van der Waals surface area contributed by atoms with Gasteiger partial charge in [-0.15, -0.1) is 0 Å². The number of aliphatic imine (C=N–C) groups is 1. The van der Waals surface area contributed by atoms with E-state index in [1.54, 1.807) is 32.1 Å². The predicted molar refractivity (Wildman–Crippen MR) is 87.9 cm³/mol. The largest absolute Gasteiger partial charge is 0.489 e. The molecule has 2 N–H and O–H groups in total. The second-order valence-corrected chi connectivity index (χ2v) is 5.16. The van der Waals surface area contributed by atoms with Gasteiger partial charge in [0, 0.05) is 31.9 Å². The Morgan fingerprint density at radius 1 is 1.50 bits per heavy atom. The lowest BCUT2D eigenvalue weighted by molar-refractivity contribution is 0.145. The fourth-order valence-electron chi connectivity index (χ4n) is 1.52. The van der Waals surface area contributed by atoms with Crippen LogP contribution in [0.4, 0.5) is 0 Å². The predicted octanol–water partition coefficient (Wildman–Crippen LogP) is 0.986. The van der Waals surface area contributed by atoms with E-state index in [-0.39, 0.29) is 0 Å². The van der Waals surface area contributed by atoms with Gasteiger partial charge in [-0.25, -0.2) is 0 Å². The van der Waals surface area contributed by atoms with E-state index in [1.807, 2.05) is 18.3 Å². The van der Waals surface area contributed by atoms with Gasteiger partial charge in [-0.1, -0.05) is 0 Å². The molecular formula is C14H21N5O2S. The van der Waals surface area contributed by atoms with E-state index in [0.29, 0.717) is 25.7 Å². The summed E-state index contributed by atoms with van der Waals surface area (Å²) in [6.07, 6.45) is 3.59. The second-order valence-electron chi connectivity index (χ2n) is 4.06. The van der Waals surface area contributed by atoms with Gasteiger partial charge in [0.1, 0.15) is 12.4 Å². The first-order chi connectivity index (χ1) is 10.8. The first-order valence-electron chi connectivity index (χ1n) is 6.82. The maximum absolute atomic E-state index is 8.52. The van der Waals surface area contributed by atoms with Crippen molar-refractivity contribution in [3.05, 3.63) is 24.0 Å². The molecule has 0 saturated heterocycles. The molecular weight excluding hydrogens is 302 g/mol. The fraction of sp³-hybridized carbons (Fsp3) is 0.500. The van der Waals surface area contributed by atoms with Gasteiger partial charge in [-0.2, -0.15) is 17.0 Å². The van der Waals surface area contributed by atoms with E-state index in [4.69, 9.17) is 14.7 Å². The van der Waals surface area contributed by atoms with Crippen molar-refractivity contribution in [1.29, 1.82) is 5.26 Å². The van der Waals surface area contributed by atoms with Crippen LogP contribution in [0.5, 0.6) is 5.75 Å². The molecule has 0 radical (unpaired) electrons. The number of aromatic nitrogens is 1. The van der Waals surface area contributed by atoms with Gasteiger partial charge in [0.05, 0.1) is 18.8 Å². The third kappa shape index (κ3) is 7.15. The first-order valence-corrected chi connectivity index (χ1v) is 7.98. The zero-order valence-corrected chi connectivity index (χ0v) is 13.7. The normalized spacial score (nSPS) is 10.9. The average Bonchev–Trinajstić information content (AvgIpc) is 2.55. The molecule has 7 nitrogen and oxygen atoms in total. The van der Waals surface area contributed by atoms with Crippen LogP contribution in [0.2, 0.25) is 0 Å². The van der Waals surface area contributed by atoms with Crippen LogP contribution in [0.15, 0.2) is 23.3 Å². The van der Waals surface area contributed by atoms with Gasteiger partial charge in [-0.3, -0.25) is 15.3 Å². The molecule has 0 unspecified atom stereocenters. The molecule has 120 valence electrons. The lowest BCUT2D eigenvalue weighted by Gasteiger charge is -2.09. The standard InChI is InChI=1S/C14H21N5O2S/c1-16-14(19-11-15)18-6-9-22-10-12-13(4-3-5-17-12)21-8-7-20-2/h3-5H,6-10H2,1-2H3,(H2,16,18,19). The summed E-state index contributed by atoms with van der Waals surface area (Å²) in [6.45, 7) is 1.67. The Kier molecular flexibility index (Phi) is 9.57. The van der Waals surface area contributed by atoms with Crippen molar-refractivity contribution in [1.82, 2.24) is 15.6 Å². The molecule has 8 heteroatoms. The molecule has 1 heterocycles. The average molecular weight is 323 g/mol. The van der Waals surface area contributed by atoms with Gasteiger partial charge < -0.3 is 14.8 Å². The van der Waals surface area contributed by atoms with Crippen LogP contribution in [-0.4, -0.2) is 50.6 Å². The Bertz CT molecular complexity index is 504. The maximum atomic E-state index is 8.52. The number of thioether (sulfide) groups is 1. The number of hydrogen-bond donors (Lipinski definition) is 2. The Balaban J connectivity index is 2.37. The van der Waals surface area contributed by atoms with E-state index in [0.717, 1.165) is 22.9 Å². The van der Waals surface area contributed by atoms with E-state index in [1.165, 1.54) is 0 Å². The summed E-state index contributed by atoms with van der Waals surface area (Å²) in [6, 6.07) is 3.76. The third-order valence-corrected chi connectivity index (χ3v) is 3.50. The molecule has 1 aromatic rings. The number of pyridine rings is 1. The molecule has 1 aromatic heterocycles. The lowest BCUT2D eigenvalue weighted by atomic mass is 10.3. The van der Waals surface area contributed by atoms with Crippen molar-refractivity contribution in [3.8, 4) is 11.9 Å². The SMILES string of the molecule is CN/C(=N/CCSCc1ncccc1OCCOC)NC#N. The van der Waals surface area contributed by atoms with Gasteiger partial charge in [0.15, 0.2) is 6.19 Å². The highest BCUT2D eigenvalue weighted by atomic mass is 32.2. The number of nitrogens with zero attached hydrogens (tertiary/aromatic N) is 3. The molecule has 0 atom stereocenters. The van der Waals surface area contributed by atoms with Crippen LogP contribution in [0.1, 0.15) is 5.69 Å². The molecule has 22 heavy (non-hydrogen) atoms. The monoisotopic (exact) mass is 323 g/mol. The summed E-state index contributed by atoms with van der Waals surface area (Å²) < 4.78 is 10.6. The summed E-state index contributed by atoms with van der Waals surface area (Å²) in [5.41, 5.74) is 0.913. The Labute approximate surface area is 135 Å². The minimum atomic E-state index is 0.476. The van der Waals surface area contributed by atoms with E-state index >= 15 is 0 Å². The van der Waals surface area contributed by atoms with Crippen molar-refractivity contribution in [2.24, 2.45) is 4.99 Å². The second kappa shape index (κ2) is 11.7. The smallest absolute Gasteiger partial charge is 0.204 e. The van der Waals surface area contributed by atoms with Gasteiger partial charge in [-0.05, 0) is 12.1 Å². The van der Waals surface area contributed by atoms with Crippen LogP contribution in [0, 0.1) is 11.5 Å². The van der Waals surface area contributed by atoms with Crippen molar-refractivity contribution >= 4 is 17.7 Å². The van der Waals surface area contributed by atoms with Gasteiger partial charge >= 0.3 is 0 Å². The summed E-state index contributed by atoms with van der Waals surface area (Å²) in [5, 5.41) is 13.8. The van der Waals surface area contributed by atoms with Crippen molar-refractivity contribution in [2.75, 3.05) is 39.7 Å². The molecule has 0 aliphatic heterocycles. The maximum Gasteiger partial charge on any atom is 0.204 e. The highest BCUT2D eigenvalue weighted by Gasteiger charge is 2.04. The van der Waals surface area contributed by atoms with Crippen LogP contribution >= 0.6 is 11.8 Å². The molecule has 0 bridgehead atoms. The van der Waals surface area contributed by atoms with Crippen LogP contribution in [0.3, 0.4) is 0 Å². The van der Waals surface area contributed by atoms with E-state index < -0.39 is 0 Å². The number of hydrogen-bond acceptors (Lipinski definition) is 6. The number of nitriles is 1. The number of methoxy groups -OCH3 is 1. The molecule has 0 spiro atoms. The zero-order chi connectivity index (χ0) is 16.0. The molecule has 0 aliphatic rings. The molecule has 0 aromatic carbocycles. The van der Waals surface area contributed by atoms with Gasteiger partial charge in [0.25, 0.3) is 0 Å². The minimum Gasteiger partial charge on any atom is -0.489 e. The summed E-state index contributed by atoms with van der Waals surface area (Å²) in [7, 11) is 3.36. The van der Waals surface area contributed by atoms with Crippen molar-refractivity contribution in [2.45, 2.75) is 5.75 Å².